The molecule has 0 aliphatic carbocycles. The van der Waals surface area contributed by atoms with Gasteiger partial charge in [-0.3, -0.25) is 4.79 Å². The van der Waals surface area contributed by atoms with Crippen molar-refractivity contribution in [3.05, 3.63) is 39.7 Å². The molecule has 1 atom stereocenters. The van der Waals surface area contributed by atoms with Crippen LogP contribution in [0, 0.1) is 5.95 Å². The van der Waals surface area contributed by atoms with E-state index in [2.05, 4.69) is 15.0 Å². The zero-order valence-corrected chi connectivity index (χ0v) is 13.2. The Balaban J connectivity index is 2.05. The highest BCUT2D eigenvalue weighted by molar-refractivity contribution is 6.32. The number of nitrogens with zero attached hydrogens (tertiary/aromatic N) is 3. The van der Waals surface area contributed by atoms with Crippen LogP contribution in [0.25, 0.3) is 11.4 Å². The molecule has 3 N–H and O–H groups in total. The lowest BCUT2D eigenvalue weighted by Crippen LogP contribution is -2.37. The lowest BCUT2D eigenvalue weighted by molar-refractivity contribution is 0.584. The fourth-order valence-electron chi connectivity index (χ4n) is 2.71. The lowest BCUT2D eigenvalue weighted by Gasteiger charge is -2.24. The highest BCUT2D eigenvalue weighted by Gasteiger charge is 2.21. The van der Waals surface area contributed by atoms with Crippen molar-refractivity contribution in [1.82, 2.24) is 15.0 Å². The second kappa shape index (κ2) is 6.64. The zero-order valence-electron chi connectivity index (χ0n) is 12.4. The Morgan fingerprint density at radius 3 is 3.04 bits per heavy atom. The van der Waals surface area contributed by atoms with Crippen molar-refractivity contribution in [2.75, 3.05) is 18.0 Å². The van der Waals surface area contributed by atoms with E-state index < -0.39 is 11.5 Å². The molecule has 122 valence electrons. The largest absolute Gasteiger partial charge is 0.354 e. The van der Waals surface area contributed by atoms with E-state index in [1.54, 1.807) is 6.07 Å². The molecule has 0 aromatic carbocycles. The van der Waals surface area contributed by atoms with Crippen LogP contribution in [0.4, 0.5) is 10.2 Å². The van der Waals surface area contributed by atoms with Crippen LogP contribution >= 0.6 is 11.6 Å². The molecule has 3 heterocycles. The molecule has 2 aromatic rings. The molecule has 0 amide bonds. The first-order chi connectivity index (χ1) is 11.0. The molecule has 23 heavy (non-hydrogen) atoms. The molecule has 0 radical (unpaired) electrons. The molecule has 8 heteroatoms. The standard InChI is InChI=1S/C15H17ClFN5O/c16-12-14(22-6-2-1-3-10(18)8-22)20-13(21-15(12)23)9-4-5-19-11(17)7-9/h4-5,7,10H,1-3,6,8,18H2,(H,20,21,23)/t10-/m1/s1. The van der Waals surface area contributed by atoms with Gasteiger partial charge in [0.2, 0.25) is 5.95 Å². The summed E-state index contributed by atoms with van der Waals surface area (Å²) in [5, 5.41) is 0.0254. The van der Waals surface area contributed by atoms with Gasteiger partial charge in [-0.15, -0.1) is 0 Å². The first-order valence-electron chi connectivity index (χ1n) is 7.47. The average molecular weight is 338 g/mol. The van der Waals surface area contributed by atoms with E-state index in [9.17, 15) is 9.18 Å². The third kappa shape index (κ3) is 3.51. The third-order valence-corrected chi connectivity index (χ3v) is 4.19. The second-order valence-electron chi connectivity index (χ2n) is 5.62. The predicted molar refractivity (Wildman–Crippen MR) is 87.1 cm³/mol. The minimum atomic E-state index is -0.640. The molecule has 1 aliphatic heterocycles. The number of anilines is 1. The van der Waals surface area contributed by atoms with E-state index in [0.717, 1.165) is 25.8 Å². The smallest absolute Gasteiger partial charge is 0.272 e. The quantitative estimate of drug-likeness (QED) is 0.818. The van der Waals surface area contributed by atoms with Gasteiger partial charge in [0.1, 0.15) is 10.8 Å². The van der Waals surface area contributed by atoms with Gasteiger partial charge in [0, 0.05) is 37.0 Å². The summed E-state index contributed by atoms with van der Waals surface area (Å²) >= 11 is 6.14. The fraction of sp³-hybridized carbons (Fsp3) is 0.400. The Bertz CT molecular complexity index is 766. The fourth-order valence-corrected chi connectivity index (χ4v) is 2.92. The minimum Gasteiger partial charge on any atom is -0.354 e. The van der Waals surface area contributed by atoms with Crippen molar-refractivity contribution in [2.45, 2.75) is 25.3 Å². The number of halogens is 2. The van der Waals surface area contributed by atoms with Crippen molar-refractivity contribution in [1.29, 1.82) is 0 Å². The summed E-state index contributed by atoms with van der Waals surface area (Å²) in [6, 6.07) is 2.80. The van der Waals surface area contributed by atoms with Gasteiger partial charge in [-0.2, -0.15) is 4.39 Å². The molecule has 0 unspecified atom stereocenters. The maximum absolute atomic E-state index is 13.3. The third-order valence-electron chi connectivity index (χ3n) is 3.85. The van der Waals surface area contributed by atoms with Gasteiger partial charge in [-0.25, -0.2) is 9.97 Å². The highest BCUT2D eigenvalue weighted by atomic mass is 35.5. The summed E-state index contributed by atoms with van der Waals surface area (Å²) in [6.45, 7) is 1.31. The van der Waals surface area contributed by atoms with Gasteiger partial charge in [0.05, 0.1) is 0 Å². The van der Waals surface area contributed by atoms with Crippen LogP contribution < -0.4 is 16.2 Å². The van der Waals surface area contributed by atoms with Crippen LogP contribution in [0.5, 0.6) is 0 Å². The zero-order chi connectivity index (χ0) is 16.4. The Morgan fingerprint density at radius 2 is 2.26 bits per heavy atom. The van der Waals surface area contributed by atoms with E-state index in [1.165, 1.54) is 12.3 Å². The normalized spacial score (nSPS) is 18.7. The van der Waals surface area contributed by atoms with E-state index in [-0.39, 0.29) is 16.9 Å². The number of aromatic nitrogens is 3. The topological polar surface area (TPSA) is 87.9 Å². The van der Waals surface area contributed by atoms with Crippen molar-refractivity contribution >= 4 is 17.4 Å². The summed E-state index contributed by atoms with van der Waals surface area (Å²) in [4.78, 5) is 24.6. The van der Waals surface area contributed by atoms with E-state index in [1.807, 2.05) is 4.90 Å². The number of aromatic amines is 1. The molecule has 6 nitrogen and oxygen atoms in total. The molecule has 0 saturated carbocycles. The number of nitrogens with one attached hydrogen (secondary N) is 1. The Kier molecular flexibility index (Phi) is 4.58. The van der Waals surface area contributed by atoms with Crippen LogP contribution in [0.1, 0.15) is 19.3 Å². The summed E-state index contributed by atoms with van der Waals surface area (Å²) in [7, 11) is 0. The van der Waals surface area contributed by atoms with Gasteiger partial charge in [0.15, 0.2) is 5.82 Å². The first kappa shape index (κ1) is 15.9. The summed E-state index contributed by atoms with van der Waals surface area (Å²) < 4.78 is 13.3. The summed E-state index contributed by atoms with van der Waals surface area (Å²) in [5.74, 6) is 0.00643. The van der Waals surface area contributed by atoms with Crippen LogP contribution in [-0.4, -0.2) is 34.1 Å². The molecule has 2 aromatic heterocycles. The van der Waals surface area contributed by atoms with Crippen LogP contribution in [0.2, 0.25) is 5.02 Å². The Hall–Kier alpha value is -1.99. The number of nitrogens with two attached hydrogens (primary N) is 1. The van der Waals surface area contributed by atoms with Crippen molar-refractivity contribution in [2.24, 2.45) is 5.73 Å². The number of hydrogen-bond donors (Lipinski definition) is 2. The molecule has 0 spiro atoms. The Labute approximate surface area is 137 Å². The second-order valence-corrected chi connectivity index (χ2v) is 6.00. The SMILES string of the molecule is N[C@@H]1CCCCN(c2nc(-c3ccnc(F)c3)[nH]c(=O)c2Cl)C1. The van der Waals surface area contributed by atoms with E-state index in [4.69, 9.17) is 17.3 Å². The molecular formula is C15H17ClFN5O. The number of pyridine rings is 1. The maximum atomic E-state index is 13.3. The molecule has 1 fully saturated rings. The van der Waals surface area contributed by atoms with Gasteiger partial charge < -0.3 is 15.6 Å². The van der Waals surface area contributed by atoms with Crippen LogP contribution in [0.3, 0.4) is 0 Å². The van der Waals surface area contributed by atoms with Gasteiger partial charge >= 0.3 is 0 Å². The molecule has 0 bridgehead atoms. The number of H-pyrrole nitrogens is 1. The highest BCUT2D eigenvalue weighted by Crippen LogP contribution is 2.25. The molecule has 3 rings (SSSR count). The lowest BCUT2D eigenvalue weighted by atomic mass is 10.2. The minimum absolute atomic E-state index is 0.0106. The maximum Gasteiger partial charge on any atom is 0.272 e. The van der Waals surface area contributed by atoms with Gasteiger partial charge in [0.25, 0.3) is 5.56 Å². The Morgan fingerprint density at radius 1 is 1.43 bits per heavy atom. The molecule has 1 aliphatic rings. The van der Waals surface area contributed by atoms with E-state index >= 15 is 0 Å². The van der Waals surface area contributed by atoms with Crippen molar-refractivity contribution in [3.8, 4) is 11.4 Å². The number of rotatable bonds is 2. The number of hydrogen-bond acceptors (Lipinski definition) is 5. The molecular weight excluding hydrogens is 321 g/mol. The van der Waals surface area contributed by atoms with Crippen molar-refractivity contribution < 1.29 is 4.39 Å². The summed E-state index contributed by atoms with van der Waals surface area (Å²) in [6.07, 6.45) is 4.24. The van der Waals surface area contributed by atoms with Gasteiger partial charge in [-0.05, 0) is 18.9 Å². The summed E-state index contributed by atoms with van der Waals surface area (Å²) in [5.41, 5.74) is 6.04. The van der Waals surface area contributed by atoms with E-state index in [0.29, 0.717) is 17.9 Å². The van der Waals surface area contributed by atoms with Gasteiger partial charge in [-0.1, -0.05) is 18.0 Å². The monoisotopic (exact) mass is 337 g/mol. The first-order valence-corrected chi connectivity index (χ1v) is 7.84. The molecule has 1 saturated heterocycles. The van der Waals surface area contributed by atoms with Crippen LogP contribution in [-0.2, 0) is 0 Å². The predicted octanol–water partition coefficient (Wildman–Crippen LogP) is 1.94. The van der Waals surface area contributed by atoms with Crippen molar-refractivity contribution in [3.63, 3.8) is 0 Å². The average Bonchev–Trinajstić information content (AvgIpc) is 2.74. The van der Waals surface area contributed by atoms with Crippen LogP contribution in [0.15, 0.2) is 23.1 Å².